The van der Waals surface area contributed by atoms with Gasteiger partial charge in [-0.15, -0.1) is 0 Å². The molecule has 0 aromatic heterocycles. The van der Waals surface area contributed by atoms with Crippen LogP contribution in [0.15, 0.2) is 40.9 Å². The number of hydrogen-bond donors (Lipinski definition) is 0. The summed E-state index contributed by atoms with van der Waals surface area (Å²) >= 11 is 9.09. The van der Waals surface area contributed by atoms with Gasteiger partial charge in [0.05, 0.1) is 15.0 Å². The van der Waals surface area contributed by atoms with E-state index in [9.17, 15) is 14.9 Å². The van der Waals surface area contributed by atoms with Crippen molar-refractivity contribution in [3.8, 4) is 5.75 Å². The van der Waals surface area contributed by atoms with Crippen LogP contribution in [0.2, 0.25) is 5.02 Å². The van der Waals surface area contributed by atoms with E-state index in [0.29, 0.717) is 16.1 Å². The summed E-state index contributed by atoms with van der Waals surface area (Å²) in [4.78, 5) is 22.4. The summed E-state index contributed by atoms with van der Waals surface area (Å²) in [7, 11) is 0. The van der Waals surface area contributed by atoms with E-state index < -0.39 is 10.9 Å². The van der Waals surface area contributed by atoms with Gasteiger partial charge in [0.1, 0.15) is 10.8 Å². The minimum absolute atomic E-state index is 0.0333. The molecule has 0 N–H and O–H groups in total. The summed E-state index contributed by atoms with van der Waals surface area (Å²) < 4.78 is 5.93. The van der Waals surface area contributed by atoms with E-state index >= 15 is 0 Å². The Labute approximate surface area is 146 Å². The summed E-state index contributed by atoms with van der Waals surface area (Å²) in [5.74, 6) is -0.00488. The first-order valence-corrected chi connectivity index (χ1v) is 7.92. The minimum Gasteiger partial charge on any atom is -0.422 e. The van der Waals surface area contributed by atoms with Crippen molar-refractivity contribution in [1.29, 1.82) is 0 Å². The number of carbonyl (C=O) groups is 1. The summed E-state index contributed by atoms with van der Waals surface area (Å²) in [5.41, 5.74) is 0.815. The van der Waals surface area contributed by atoms with Crippen LogP contribution in [-0.2, 0) is 0 Å². The number of esters is 1. The third kappa shape index (κ3) is 4.09. The van der Waals surface area contributed by atoms with Crippen LogP contribution in [0.1, 0.15) is 35.7 Å². The summed E-state index contributed by atoms with van der Waals surface area (Å²) in [6.45, 7) is 4.11. The van der Waals surface area contributed by atoms with Crippen molar-refractivity contribution in [2.45, 2.75) is 19.8 Å². The van der Waals surface area contributed by atoms with Crippen LogP contribution in [0.3, 0.4) is 0 Å². The molecule has 23 heavy (non-hydrogen) atoms. The van der Waals surface area contributed by atoms with Crippen LogP contribution in [0, 0.1) is 10.1 Å². The van der Waals surface area contributed by atoms with Crippen LogP contribution in [0.4, 0.5) is 5.69 Å². The van der Waals surface area contributed by atoms with E-state index in [-0.39, 0.29) is 16.3 Å². The minimum atomic E-state index is -0.692. The number of carbonyl (C=O) groups excluding carboxylic acids is 1. The molecule has 0 bridgehead atoms. The Morgan fingerprint density at radius 3 is 2.52 bits per heavy atom. The standard InChI is InChI=1S/C16H13BrClNO4/c1-9(2)10-4-6-15(12(17)7-10)23-16(20)11-3-5-13(18)14(8-11)19(21)22/h3-9H,1-2H3. The van der Waals surface area contributed by atoms with Crippen molar-refractivity contribution in [2.75, 3.05) is 0 Å². The van der Waals surface area contributed by atoms with E-state index in [1.807, 2.05) is 12.1 Å². The van der Waals surface area contributed by atoms with Gasteiger partial charge in [-0.2, -0.15) is 0 Å². The van der Waals surface area contributed by atoms with Gasteiger partial charge in [-0.1, -0.05) is 31.5 Å². The summed E-state index contributed by atoms with van der Waals surface area (Å²) in [6, 6.07) is 9.20. The second-order valence-corrected chi connectivity index (χ2v) is 6.42. The van der Waals surface area contributed by atoms with Gasteiger partial charge in [0.2, 0.25) is 0 Å². The maximum absolute atomic E-state index is 12.2. The second-order valence-electron chi connectivity index (χ2n) is 5.16. The average Bonchev–Trinajstić information content (AvgIpc) is 2.49. The van der Waals surface area contributed by atoms with Gasteiger partial charge in [0.15, 0.2) is 0 Å². The number of halogens is 2. The number of nitro groups is 1. The highest BCUT2D eigenvalue weighted by molar-refractivity contribution is 9.10. The third-order valence-corrected chi connectivity index (χ3v) is 4.14. The Kier molecular flexibility index (Phi) is 5.38. The predicted molar refractivity (Wildman–Crippen MR) is 91.3 cm³/mol. The monoisotopic (exact) mass is 397 g/mol. The van der Waals surface area contributed by atoms with E-state index in [1.165, 1.54) is 12.1 Å². The van der Waals surface area contributed by atoms with Crippen molar-refractivity contribution in [1.82, 2.24) is 0 Å². The molecular weight excluding hydrogens is 386 g/mol. The Morgan fingerprint density at radius 2 is 1.96 bits per heavy atom. The molecule has 0 spiro atoms. The van der Waals surface area contributed by atoms with Crippen LogP contribution in [0.25, 0.3) is 0 Å². The first-order valence-electron chi connectivity index (χ1n) is 6.75. The number of nitrogens with zero attached hydrogens (tertiary/aromatic N) is 1. The molecule has 0 amide bonds. The van der Waals surface area contributed by atoms with Crippen molar-refractivity contribution >= 4 is 39.2 Å². The Bertz CT molecular complexity index is 777. The molecule has 2 aromatic rings. The second kappa shape index (κ2) is 7.10. The van der Waals surface area contributed by atoms with E-state index in [4.69, 9.17) is 16.3 Å². The highest BCUT2D eigenvalue weighted by Gasteiger charge is 2.18. The first kappa shape index (κ1) is 17.4. The number of rotatable bonds is 4. The molecule has 0 atom stereocenters. The topological polar surface area (TPSA) is 69.4 Å². The fraction of sp³-hybridized carbons (Fsp3) is 0.188. The largest absolute Gasteiger partial charge is 0.422 e. The molecule has 5 nitrogen and oxygen atoms in total. The van der Waals surface area contributed by atoms with Crippen LogP contribution >= 0.6 is 27.5 Å². The molecule has 120 valence electrons. The smallest absolute Gasteiger partial charge is 0.343 e. The first-order chi connectivity index (χ1) is 10.8. The van der Waals surface area contributed by atoms with Gasteiger partial charge >= 0.3 is 5.97 Å². The van der Waals surface area contributed by atoms with Crippen molar-refractivity contribution in [2.24, 2.45) is 0 Å². The lowest BCUT2D eigenvalue weighted by Gasteiger charge is -2.10. The lowest BCUT2D eigenvalue weighted by molar-refractivity contribution is -0.384. The molecule has 0 aliphatic heterocycles. The fourth-order valence-corrected chi connectivity index (χ4v) is 2.56. The zero-order valence-corrected chi connectivity index (χ0v) is 14.7. The summed E-state index contributed by atoms with van der Waals surface area (Å²) in [5, 5.41) is 10.8. The maximum atomic E-state index is 12.2. The van der Waals surface area contributed by atoms with Crippen molar-refractivity contribution < 1.29 is 14.5 Å². The molecule has 0 aliphatic carbocycles. The number of benzene rings is 2. The van der Waals surface area contributed by atoms with Gasteiger partial charge < -0.3 is 4.74 Å². The van der Waals surface area contributed by atoms with E-state index in [0.717, 1.165) is 11.6 Å². The molecule has 0 fully saturated rings. The maximum Gasteiger partial charge on any atom is 0.343 e. The molecule has 2 aromatic carbocycles. The lowest BCUT2D eigenvalue weighted by Crippen LogP contribution is -2.09. The molecule has 0 radical (unpaired) electrons. The molecule has 0 heterocycles. The third-order valence-electron chi connectivity index (χ3n) is 3.20. The zero-order chi connectivity index (χ0) is 17.1. The molecule has 7 heteroatoms. The van der Waals surface area contributed by atoms with E-state index in [1.54, 1.807) is 6.07 Å². The van der Waals surface area contributed by atoms with Crippen molar-refractivity contribution in [3.05, 3.63) is 67.1 Å². The Balaban J connectivity index is 2.26. The van der Waals surface area contributed by atoms with Crippen LogP contribution < -0.4 is 4.74 Å². The van der Waals surface area contributed by atoms with E-state index in [2.05, 4.69) is 29.8 Å². The number of ether oxygens (including phenoxy) is 1. The molecule has 2 rings (SSSR count). The summed E-state index contributed by atoms with van der Waals surface area (Å²) in [6.07, 6.45) is 0. The van der Waals surface area contributed by atoms with Gasteiger partial charge in [-0.3, -0.25) is 10.1 Å². The fourth-order valence-electron chi connectivity index (χ4n) is 1.90. The van der Waals surface area contributed by atoms with Gasteiger partial charge in [-0.25, -0.2) is 4.79 Å². The molecule has 0 saturated heterocycles. The number of nitro benzene ring substituents is 1. The van der Waals surface area contributed by atoms with Gasteiger partial charge in [-0.05, 0) is 51.7 Å². The highest BCUT2D eigenvalue weighted by Crippen LogP contribution is 2.30. The molecule has 0 unspecified atom stereocenters. The van der Waals surface area contributed by atoms with Crippen LogP contribution in [-0.4, -0.2) is 10.9 Å². The highest BCUT2D eigenvalue weighted by atomic mass is 79.9. The normalized spacial score (nSPS) is 10.7. The average molecular weight is 399 g/mol. The van der Waals surface area contributed by atoms with Crippen molar-refractivity contribution in [3.63, 3.8) is 0 Å². The Hall–Kier alpha value is -1.92. The molecule has 0 aliphatic rings. The molecular formula is C16H13BrClNO4. The SMILES string of the molecule is CC(C)c1ccc(OC(=O)c2ccc(Cl)c([N+](=O)[O-])c2)c(Br)c1. The van der Waals surface area contributed by atoms with Gasteiger partial charge in [0.25, 0.3) is 5.69 Å². The predicted octanol–water partition coefficient (Wildman–Crippen LogP) is 5.35. The molecule has 0 saturated carbocycles. The Morgan fingerprint density at radius 1 is 1.26 bits per heavy atom. The lowest BCUT2D eigenvalue weighted by atomic mass is 10.0. The quantitative estimate of drug-likeness (QED) is 0.301. The van der Waals surface area contributed by atoms with Crippen LogP contribution in [0.5, 0.6) is 5.75 Å². The zero-order valence-electron chi connectivity index (χ0n) is 12.4. The van der Waals surface area contributed by atoms with Gasteiger partial charge in [0, 0.05) is 6.07 Å². The number of hydrogen-bond acceptors (Lipinski definition) is 4.